The van der Waals surface area contributed by atoms with Crippen LogP contribution in [0.4, 0.5) is 5.13 Å². The molecular formula is C15H14N8O2S. The molecule has 4 aromatic rings. The highest BCUT2D eigenvalue weighted by Gasteiger charge is 2.18. The molecule has 1 amide bonds. The van der Waals surface area contributed by atoms with Gasteiger partial charge in [-0.25, -0.2) is 9.97 Å². The summed E-state index contributed by atoms with van der Waals surface area (Å²) < 4.78 is 9.32. The largest absolute Gasteiger partial charge is 0.479 e. The number of fused-ring (bicyclic) bond motifs is 1. The maximum atomic E-state index is 12.3. The zero-order chi connectivity index (χ0) is 18.3. The third kappa shape index (κ3) is 2.77. The van der Waals surface area contributed by atoms with Crippen molar-refractivity contribution in [1.82, 2.24) is 34.7 Å². The molecule has 4 rings (SSSR count). The fourth-order valence-corrected chi connectivity index (χ4v) is 3.46. The molecule has 0 unspecified atom stereocenters. The Morgan fingerprint density at radius 3 is 2.73 bits per heavy atom. The molecule has 0 aliphatic rings. The van der Waals surface area contributed by atoms with Crippen molar-refractivity contribution in [2.45, 2.75) is 0 Å². The molecular weight excluding hydrogens is 356 g/mol. The monoisotopic (exact) mass is 370 g/mol. The Morgan fingerprint density at radius 1 is 1.23 bits per heavy atom. The number of thiazole rings is 1. The molecule has 4 heterocycles. The minimum Gasteiger partial charge on any atom is -0.479 e. The van der Waals surface area contributed by atoms with Crippen LogP contribution in [0, 0.1) is 0 Å². The lowest BCUT2D eigenvalue weighted by Crippen LogP contribution is -2.12. The van der Waals surface area contributed by atoms with Crippen LogP contribution in [-0.2, 0) is 14.1 Å². The number of hydrogen-bond donors (Lipinski definition) is 1. The number of carbonyl (C=O) groups is 1. The first-order valence-corrected chi connectivity index (χ1v) is 8.37. The summed E-state index contributed by atoms with van der Waals surface area (Å²) in [5.74, 6) is 0.0101. The molecule has 0 saturated heterocycles. The Hall–Kier alpha value is -3.34. The van der Waals surface area contributed by atoms with Gasteiger partial charge < -0.3 is 4.74 Å². The van der Waals surface area contributed by atoms with Gasteiger partial charge in [-0.3, -0.25) is 19.5 Å². The summed E-state index contributed by atoms with van der Waals surface area (Å²) in [6, 6.07) is 0. The lowest BCUT2D eigenvalue weighted by Gasteiger charge is -2.02. The SMILES string of the molecule is COc1ncc(-c2cnn(C)c2)c2sc(NC(=O)c3cn(C)nn3)nc12. The molecule has 0 saturated carbocycles. The molecule has 11 heteroatoms. The second kappa shape index (κ2) is 6.19. The van der Waals surface area contributed by atoms with Gasteiger partial charge in [-0.05, 0) is 0 Å². The van der Waals surface area contributed by atoms with E-state index in [2.05, 4.69) is 30.7 Å². The highest BCUT2D eigenvalue weighted by molar-refractivity contribution is 7.23. The molecule has 26 heavy (non-hydrogen) atoms. The van der Waals surface area contributed by atoms with E-state index in [1.807, 2.05) is 13.2 Å². The fourth-order valence-electron chi connectivity index (χ4n) is 2.47. The van der Waals surface area contributed by atoms with Crippen LogP contribution in [0.5, 0.6) is 5.88 Å². The number of amides is 1. The lowest BCUT2D eigenvalue weighted by molar-refractivity contribution is 0.102. The smallest absolute Gasteiger partial charge is 0.279 e. The van der Waals surface area contributed by atoms with Crippen LogP contribution < -0.4 is 10.1 Å². The molecule has 1 N–H and O–H groups in total. The molecule has 0 atom stereocenters. The molecule has 0 aliphatic heterocycles. The molecule has 132 valence electrons. The first-order chi connectivity index (χ1) is 12.5. The zero-order valence-corrected chi connectivity index (χ0v) is 15.0. The first kappa shape index (κ1) is 16.1. The number of nitrogens with one attached hydrogen (secondary N) is 1. The molecule has 0 bridgehead atoms. The van der Waals surface area contributed by atoms with E-state index in [1.54, 1.807) is 24.1 Å². The van der Waals surface area contributed by atoms with Crippen LogP contribution in [0.1, 0.15) is 10.5 Å². The molecule has 0 radical (unpaired) electrons. The summed E-state index contributed by atoms with van der Waals surface area (Å²) >= 11 is 1.33. The second-order valence-electron chi connectivity index (χ2n) is 5.51. The van der Waals surface area contributed by atoms with Gasteiger partial charge in [-0.2, -0.15) is 5.10 Å². The van der Waals surface area contributed by atoms with Gasteiger partial charge in [0, 0.05) is 37.6 Å². The minimum absolute atomic E-state index is 0.212. The topological polar surface area (TPSA) is 113 Å². The number of pyridine rings is 1. The average Bonchev–Trinajstić information content (AvgIpc) is 3.33. The maximum absolute atomic E-state index is 12.3. The normalized spacial score (nSPS) is 11.0. The Morgan fingerprint density at radius 2 is 2.08 bits per heavy atom. The van der Waals surface area contributed by atoms with Crippen LogP contribution in [0.15, 0.2) is 24.8 Å². The number of rotatable bonds is 4. The van der Waals surface area contributed by atoms with E-state index in [0.29, 0.717) is 16.5 Å². The van der Waals surface area contributed by atoms with Gasteiger partial charge in [0.05, 0.1) is 24.2 Å². The van der Waals surface area contributed by atoms with Crippen LogP contribution in [0.2, 0.25) is 0 Å². The van der Waals surface area contributed by atoms with E-state index in [-0.39, 0.29) is 11.6 Å². The summed E-state index contributed by atoms with van der Waals surface area (Å²) in [6.07, 6.45) is 6.89. The van der Waals surface area contributed by atoms with Gasteiger partial charge in [0.1, 0.15) is 5.52 Å². The van der Waals surface area contributed by atoms with Crippen LogP contribution in [-0.4, -0.2) is 47.8 Å². The summed E-state index contributed by atoms with van der Waals surface area (Å²) in [5, 5.41) is 14.9. The van der Waals surface area contributed by atoms with E-state index < -0.39 is 0 Å². The second-order valence-corrected chi connectivity index (χ2v) is 6.51. The minimum atomic E-state index is -0.382. The Labute approximate surface area is 151 Å². The van der Waals surface area contributed by atoms with E-state index >= 15 is 0 Å². The zero-order valence-electron chi connectivity index (χ0n) is 14.2. The van der Waals surface area contributed by atoms with Gasteiger partial charge in [0.25, 0.3) is 5.91 Å². The third-order valence-electron chi connectivity index (χ3n) is 3.65. The van der Waals surface area contributed by atoms with Crippen LogP contribution >= 0.6 is 11.3 Å². The van der Waals surface area contributed by atoms with Crippen molar-refractivity contribution in [3.63, 3.8) is 0 Å². The van der Waals surface area contributed by atoms with Crippen molar-refractivity contribution in [2.75, 3.05) is 12.4 Å². The molecule has 0 aliphatic carbocycles. The highest BCUT2D eigenvalue weighted by Crippen LogP contribution is 2.38. The van der Waals surface area contributed by atoms with Crippen LogP contribution in [0.3, 0.4) is 0 Å². The Kier molecular flexibility index (Phi) is 3.84. The van der Waals surface area contributed by atoms with E-state index in [1.165, 1.54) is 29.3 Å². The first-order valence-electron chi connectivity index (χ1n) is 7.55. The predicted molar refractivity (Wildman–Crippen MR) is 95.1 cm³/mol. The predicted octanol–water partition coefficient (Wildman–Crippen LogP) is 1.48. The van der Waals surface area contributed by atoms with Gasteiger partial charge >= 0.3 is 0 Å². The number of aryl methyl sites for hydroxylation is 2. The highest BCUT2D eigenvalue weighted by atomic mass is 32.1. The number of ether oxygens (including phenoxy) is 1. The molecule has 0 fully saturated rings. The van der Waals surface area contributed by atoms with E-state index in [9.17, 15) is 4.79 Å². The average molecular weight is 370 g/mol. The molecule has 10 nitrogen and oxygen atoms in total. The Bertz CT molecular complexity index is 1110. The van der Waals surface area contributed by atoms with Gasteiger partial charge in [-0.15, -0.1) is 5.10 Å². The van der Waals surface area contributed by atoms with E-state index in [4.69, 9.17) is 4.74 Å². The summed E-state index contributed by atoms with van der Waals surface area (Å²) in [6.45, 7) is 0. The molecule has 4 aromatic heterocycles. The van der Waals surface area contributed by atoms with Crippen molar-refractivity contribution in [3.8, 4) is 17.0 Å². The number of anilines is 1. The summed E-state index contributed by atoms with van der Waals surface area (Å²) in [5.41, 5.74) is 2.56. The number of aromatic nitrogens is 7. The molecule has 0 aromatic carbocycles. The van der Waals surface area contributed by atoms with Crippen molar-refractivity contribution in [3.05, 3.63) is 30.5 Å². The van der Waals surface area contributed by atoms with Crippen molar-refractivity contribution >= 4 is 32.6 Å². The Balaban J connectivity index is 1.76. The number of nitrogens with zero attached hydrogens (tertiary/aromatic N) is 7. The number of methoxy groups -OCH3 is 1. The van der Waals surface area contributed by atoms with Crippen molar-refractivity contribution < 1.29 is 9.53 Å². The van der Waals surface area contributed by atoms with Crippen LogP contribution in [0.25, 0.3) is 21.3 Å². The van der Waals surface area contributed by atoms with Crippen molar-refractivity contribution in [1.29, 1.82) is 0 Å². The van der Waals surface area contributed by atoms with Gasteiger partial charge in [0.15, 0.2) is 10.8 Å². The number of hydrogen-bond acceptors (Lipinski definition) is 8. The third-order valence-corrected chi connectivity index (χ3v) is 4.65. The van der Waals surface area contributed by atoms with Gasteiger partial charge in [-0.1, -0.05) is 16.6 Å². The van der Waals surface area contributed by atoms with Crippen molar-refractivity contribution in [2.24, 2.45) is 14.1 Å². The summed E-state index contributed by atoms with van der Waals surface area (Å²) in [4.78, 5) is 21.1. The fraction of sp³-hybridized carbons (Fsp3) is 0.200. The maximum Gasteiger partial charge on any atom is 0.279 e. The number of carbonyl (C=O) groups excluding carboxylic acids is 1. The summed E-state index contributed by atoms with van der Waals surface area (Å²) in [7, 11) is 5.07. The van der Waals surface area contributed by atoms with E-state index in [0.717, 1.165) is 15.8 Å². The quantitative estimate of drug-likeness (QED) is 0.579. The standard InChI is InChI=1S/C15H14N8O2S/c1-22-6-8(4-17-22)9-5-16-14(25-3)11-12(9)26-15(18-11)19-13(24)10-7-23(2)21-20-10/h4-7H,1-3H3,(H,18,19,24). The lowest BCUT2D eigenvalue weighted by atomic mass is 10.1. The van der Waals surface area contributed by atoms with Gasteiger partial charge in [0.2, 0.25) is 5.88 Å². The molecule has 0 spiro atoms.